The molecule has 0 aliphatic heterocycles. The maximum absolute atomic E-state index is 13.0. The molecule has 1 atom stereocenters. The van der Waals surface area contributed by atoms with E-state index in [9.17, 15) is 29.8 Å². The van der Waals surface area contributed by atoms with Gasteiger partial charge in [-0.2, -0.15) is 11.8 Å². The van der Waals surface area contributed by atoms with E-state index in [1.54, 1.807) is 11.8 Å². The average molecular weight is 442 g/mol. The first-order valence-corrected chi connectivity index (χ1v) is 11.1. The molecular weight excluding hydrogens is 414 g/mol. The Kier molecular flexibility index (Phi) is 7.99. The molecule has 0 aromatic rings. The van der Waals surface area contributed by atoms with Crippen molar-refractivity contribution in [2.24, 2.45) is 5.41 Å². The Balaban J connectivity index is 2.09. The summed E-state index contributed by atoms with van der Waals surface area (Å²) in [5, 5.41) is 25.1. The van der Waals surface area contributed by atoms with Crippen LogP contribution in [0.5, 0.6) is 0 Å². The molecule has 0 heterocycles. The number of nitrogens with one attached hydrogen (secondary N) is 1. The lowest BCUT2D eigenvalue weighted by molar-refractivity contribution is -0.780. The molecule has 0 aromatic carbocycles. The lowest BCUT2D eigenvalue weighted by atomic mass is 9.65. The number of allylic oxidation sites excluding steroid dienone is 1. The lowest BCUT2D eigenvalue weighted by Crippen LogP contribution is -2.52. The van der Waals surface area contributed by atoms with Crippen molar-refractivity contribution in [2.45, 2.75) is 56.7 Å². The average Bonchev–Trinajstić information content (AvgIpc) is 2.68. The number of ether oxygens (including phenoxy) is 1. The maximum atomic E-state index is 13.0. The Morgan fingerprint density at radius 1 is 1.30 bits per heavy atom. The first-order chi connectivity index (χ1) is 14.2. The zero-order chi connectivity index (χ0) is 22.4. The van der Waals surface area contributed by atoms with E-state index < -0.39 is 39.4 Å². The fourth-order valence-electron chi connectivity index (χ4n) is 3.78. The Labute approximate surface area is 178 Å². The number of hydrogen-bond donors (Lipinski definition) is 1. The molecule has 10 nitrogen and oxygen atoms in total. The summed E-state index contributed by atoms with van der Waals surface area (Å²) < 4.78 is 4.81. The number of nitrogens with zero attached hydrogens (tertiary/aromatic N) is 2. The van der Waals surface area contributed by atoms with Crippen LogP contribution in [0.4, 0.5) is 0 Å². The van der Waals surface area contributed by atoms with Gasteiger partial charge in [-0.15, -0.1) is 0 Å². The molecule has 30 heavy (non-hydrogen) atoms. The summed E-state index contributed by atoms with van der Waals surface area (Å²) in [6.45, 7) is 0. The third kappa shape index (κ3) is 5.00. The van der Waals surface area contributed by atoms with Gasteiger partial charge in [0.05, 0.1) is 13.2 Å². The molecule has 166 valence electrons. The third-order valence-corrected chi connectivity index (χ3v) is 6.59. The van der Waals surface area contributed by atoms with E-state index in [-0.39, 0.29) is 12.3 Å². The predicted molar refractivity (Wildman–Crippen MR) is 111 cm³/mol. The largest absolute Gasteiger partial charge is 0.481 e. The van der Waals surface area contributed by atoms with Gasteiger partial charge in [-0.25, -0.2) is 4.79 Å². The normalized spacial score (nSPS) is 19.7. The lowest BCUT2D eigenvalue weighted by Gasteiger charge is -2.41. The molecule has 2 aliphatic carbocycles. The van der Waals surface area contributed by atoms with Crippen LogP contribution in [-0.4, -0.2) is 52.5 Å². The van der Waals surface area contributed by atoms with Crippen LogP contribution in [-0.2, 0) is 14.3 Å². The van der Waals surface area contributed by atoms with Gasteiger partial charge in [-0.1, -0.05) is 12.5 Å². The number of nitro groups is 2. The third-order valence-electron chi connectivity index (χ3n) is 5.89. The van der Waals surface area contributed by atoms with Crippen molar-refractivity contribution in [3.63, 3.8) is 0 Å². The highest BCUT2D eigenvalue weighted by atomic mass is 32.2. The quantitative estimate of drug-likeness (QED) is 0.169. The van der Waals surface area contributed by atoms with E-state index in [1.807, 2.05) is 6.26 Å². The van der Waals surface area contributed by atoms with Gasteiger partial charge < -0.3 is 10.1 Å². The zero-order valence-electron chi connectivity index (χ0n) is 17.1. The van der Waals surface area contributed by atoms with Gasteiger partial charge >= 0.3 is 11.6 Å². The van der Waals surface area contributed by atoms with Crippen LogP contribution in [0.1, 0.15) is 44.9 Å². The summed E-state index contributed by atoms with van der Waals surface area (Å²) in [4.78, 5) is 45.6. The van der Waals surface area contributed by atoms with Crippen molar-refractivity contribution in [2.75, 3.05) is 19.1 Å². The Morgan fingerprint density at radius 3 is 2.40 bits per heavy atom. The predicted octanol–water partition coefficient (Wildman–Crippen LogP) is 2.48. The summed E-state index contributed by atoms with van der Waals surface area (Å²) in [6, 6.07) is -0.963. The standard InChI is InChI=1S/C19H27N3O7S/c1-29-16(23)15(20-17(24)18(7-3-8-18)9-4-12-30-2)13-14-5-10-19(11-6-14,21(25)26)22(27)28/h5-6,10,15H,3-4,7-9,11-13H2,1-2H3,(H,20,24)/t15-/m0/s1. The topological polar surface area (TPSA) is 142 Å². The monoisotopic (exact) mass is 441 g/mol. The van der Waals surface area contributed by atoms with E-state index in [4.69, 9.17) is 4.74 Å². The summed E-state index contributed by atoms with van der Waals surface area (Å²) in [5.41, 5.74) is -2.37. The first kappa shape index (κ1) is 23.8. The fraction of sp³-hybridized carbons (Fsp3) is 0.684. The second-order valence-electron chi connectivity index (χ2n) is 7.69. The number of amides is 1. The Hall–Kier alpha value is -2.43. The van der Waals surface area contributed by atoms with Crippen molar-refractivity contribution in [3.05, 3.63) is 44.0 Å². The number of carbonyl (C=O) groups excluding carboxylic acids is 2. The van der Waals surface area contributed by atoms with Gasteiger partial charge in [-0.05, 0) is 49.3 Å². The van der Waals surface area contributed by atoms with E-state index in [1.165, 1.54) is 19.3 Å². The number of methoxy groups -OCH3 is 1. The highest BCUT2D eigenvalue weighted by Gasteiger charge is 2.53. The minimum Gasteiger partial charge on any atom is -0.467 e. The van der Waals surface area contributed by atoms with Gasteiger partial charge in [0.25, 0.3) is 0 Å². The van der Waals surface area contributed by atoms with Crippen molar-refractivity contribution < 1.29 is 24.2 Å². The van der Waals surface area contributed by atoms with Gasteiger partial charge in [-0.3, -0.25) is 25.0 Å². The van der Waals surface area contributed by atoms with Crippen LogP contribution in [0, 0.1) is 25.6 Å². The molecule has 1 amide bonds. The number of rotatable bonds is 11. The highest BCUT2D eigenvalue weighted by Crippen LogP contribution is 2.45. The van der Waals surface area contributed by atoms with Crippen molar-refractivity contribution in [3.8, 4) is 0 Å². The van der Waals surface area contributed by atoms with Crippen molar-refractivity contribution in [1.29, 1.82) is 0 Å². The molecule has 0 aromatic heterocycles. The van der Waals surface area contributed by atoms with Crippen LogP contribution >= 0.6 is 11.8 Å². The minimum absolute atomic E-state index is 0.0430. The highest BCUT2D eigenvalue weighted by molar-refractivity contribution is 7.98. The van der Waals surface area contributed by atoms with Crippen LogP contribution in [0.15, 0.2) is 23.8 Å². The summed E-state index contributed by atoms with van der Waals surface area (Å²) in [7, 11) is 1.22. The van der Waals surface area contributed by atoms with E-state index in [2.05, 4.69) is 5.32 Å². The van der Waals surface area contributed by atoms with E-state index in [0.717, 1.165) is 43.9 Å². The van der Waals surface area contributed by atoms with Gasteiger partial charge in [0.15, 0.2) is 0 Å². The van der Waals surface area contributed by atoms with Crippen LogP contribution in [0.25, 0.3) is 0 Å². The molecule has 0 spiro atoms. The molecule has 1 N–H and O–H groups in total. The van der Waals surface area contributed by atoms with Crippen molar-refractivity contribution in [1.82, 2.24) is 5.32 Å². The molecular formula is C19H27N3O7S. The molecule has 0 saturated heterocycles. The number of hydrogen-bond acceptors (Lipinski definition) is 8. The summed E-state index contributed by atoms with van der Waals surface area (Å²) in [5.74, 6) is 0.147. The van der Waals surface area contributed by atoms with Gasteiger partial charge in [0, 0.05) is 11.8 Å². The van der Waals surface area contributed by atoms with Gasteiger partial charge in [0.1, 0.15) is 22.3 Å². The Morgan fingerprint density at radius 2 is 1.97 bits per heavy atom. The zero-order valence-corrected chi connectivity index (χ0v) is 17.9. The summed E-state index contributed by atoms with van der Waals surface area (Å²) >= 11 is 1.72. The molecule has 1 saturated carbocycles. The maximum Gasteiger partial charge on any atom is 0.481 e. The molecule has 2 aliphatic rings. The molecule has 0 radical (unpaired) electrons. The fourth-order valence-corrected chi connectivity index (χ4v) is 4.21. The second kappa shape index (κ2) is 10.1. The number of thioether (sulfide) groups is 1. The minimum atomic E-state index is -2.40. The van der Waals surface area contributed by atoms with Crippen LogP contribution in [0.3, 0.4) is 0 Å². The number of esters is 1. The van der Waals surface area contributed by atoms with Crippen LogP contribution < -0.4 is 5.32 Å². The smallest absolute Gasteiger partial charge is 0.467 e. The molecule has 0 bridgehead atoms. The van der Waals surface area contributed by atoms with Crippen LogP contribution in [0.2, 0.25) is 0 Å². The van der Waals surface area contributed by atoms with E-state index >= 15 is 0 Å². The summed E-state index contributed by atoms with van der Waals surface area (Å²) in [6.07, 6.45) is 9.37. The Bertz CT molecular complexity index is 747. The number of carbonyl (C=O) groups is 2. The van der Waals surface area contributed by atoms with E-state index in [0.29, 0.717) is 5.57 Å². The van der Waals surface area contributed by atoms with Crippen molar-refractivity contribution >= 4 is 23.6 Å². The first-order valence-electron chi connectivity index (χ1n) is 9.76. The molecule has 0 unspecified atom stereocenters. The van der Waals surface area contributed by atoms with Gasteiger partial charge in [0.2, 0.25) is 5.91 Å². The molecule has 11 heteroatoms. The molecule has 2 rings (SSSR count). The SMILES string of the molecule is COC(=O)[C@H](CC1=CCC([N+](=O)[O-])([N+](=O)[O-])C=C1)NC(=O)C1(CCCSC)CCC1. The second-order valence-corrected chi connectivity index (χ2v) is 8.68. The molecule has 1 fully saturated rings.